The summed E-state index contributed by atoms with van der Waals surface area (Å²) in [5.74, 6) is -0.479. The summed E-state index contributed by atoms with van der Waals surface area (Å²) in [5.41, 5.74) is 6.39. The highest BCUT2D eigenvalue weighted by molar-refractivity contribution is 5.96. The Morgan fingerprint density at radius 2 is 2.14 bits per heavy atom. The predicted octanol–water partition coefficient (Wildman–Crippen LogP) is 1.03. The Labute approximate surface area is 83.7 Å². The van der Waals surface area contributed by atoms with E-state index >= 15 is 0 Å². The monoisotopic (exact) mass is 193 g/mol. The smallest absolute Gasteiger partial charge is 0.269 e. The summed E-state index contributed by atoms with van der Waals surface area (Å²) in [5, 5.41) is 0. The minimum atomic E-state index is -0.479. The summed E-state index contributed by atoms with van der Waals surface area (Å²) in [6.07, 6.45) is 1.58. The van der Waals surface area contributed by atoms with Gasteiger partial charge in [0.1, 0.15) is 0 Å². The lowest BCUT2D eigenvalue weighted by atomic mass is 10.2. The maximum Gasteiger partial charge on any atom is 0.269 e. The van der Waals surface area contributed by atoms with Gasteiger partial charge in [0.25, 0.3) is 5.91 Å². The summed E-state index contributed by atoms with van der Waals surface area (Å²) in [6, 6.07) is 3.67. The van der Waals surface area contributed by atoms with Gasteiger partial charge in [0.2, 0.25) is 0 Å². The van der Waals surface area contributed by atoms with Gasteiger partial charge in [-0.05, 0) is 26.0 Å². The first-order valence-corrected chi connectivity index (χ1v) is 4.70. The molecular formula is C10H15N3O. The van der Waals surface area contributed by atoms with E-state index in [1.807, 2.05) is 24.8 Å². The summed E-state index contributed by atoms with van der Waals surface area (Å²) in [6.45, 7) is 5.73. The molecule has 0 bridgehead atoms. The molecule has 0 radical (unpaired) electrons. The van der Waals surface area contributed by atoms with Crippen molar-refractivity contribution in [1.82, 2.24) is 4.98 Å². The van der Waals surface area contributed by atoms with E-state index in [2.05, 4.69) is 4.98 Å². The van der Waals surface area contributed by atoms with Crippen molar-refractivity contribution in [2.45, 2.75) is 13.8 Å². The topological polar surface area (TPSA) is 59.2 Å². The normalized spacial score (nSPS) is 9.86. The van der Waals surface area contributed by atoms with E-state index in [1.54, 1.807) is 12.3 Å². The molecule has 0 saturated heterocycles. The predicted molar refractivity (Wildman–Crippen MR) is 56.3 cm³/mol. The molecule has 2 N–H and O–H groups in total. The highest BCUT2D eigenvalue weighted by Crippen LogP contribution is 2.16. The van der Waals surface area contributed by atoms with Gasteiger partial charge in [-0.25, -0.2) is 4.98 Å². The standard InChI is InChI=1S/C10H15N3O/c1-3-13(4-2)8-6-5-7-12-9(8)10(11)14/h5-7H,3-4H2,1-2H3,(H2,11,14). The molecule has 1 rings (SSSR count). The second kappa shape index (κ2) is 4.60. The van der Waals surface area contributed by atoms with Crippen LogP contribution in [0.2, 0.25) is 0 Å². The first-order chi connectivity index (χ1) is 6.70. The number of carbonyl (C=O) groups excluding carboxylic acids is 1. The molecule has 1 amide bonds. The van der Waals surface area contributed by atoms with E-state index in [9.17, 15) is 4.79 Å². The molecule has 76 valence electrons. The van der Waals surface area contributed by atoms with E-state index < -0.39 is 5.91 Å². The second-order valence-electron chi connectivity index (χ2n) is 2.91. The number of aromatic nitrogens is 1. The number of nitrogens with two attached hydrogens (primary N) is 1. The number of carbonyl (C=O) groups is 1. The average Bonchev–Trinajstić information content (AvgIpc) is 2.20. The summed E-state index contributed by atoms with van der Waals surface area (Å²) in [7, 11) is 0. The number of hydrogen-bond acceptors (Lipinski definition) is 3. The van der Waals surface area contributed by atoms with Gasteiger partial charge in [0, 0.05) is 19.3 Å². The fourth-order valence-electron chi connectivity index (χ4n) is 1.41. The molecule has 14 heavy (non-hydrogen) atoms. The zero-order chi connectivity index (χ0) is 10.6. The van der Waals surface area contributed by atoms with Crippen LogP contribution < -0.4 is 10.6 Å². The number of nitrogens with zero attached hydrogens (tertiary/aromatic N) is 2. The van der Waals surface area contributed by atoms with Crippen molar-refractivity contribution < 1.29 is 4.79 Å². The third-order valence-corrected chi connectivity index (χ3v) is 2.12. The lowest BCUT2D eigenvalue weighted by Gasteiger charge is -2.22. The van der Waals surface area contributed by atoms with E-state index in [-0.39, 0.29) is 0 Å². The summed E-state index contributed by atoms with van der Waals surface area (Å²) >= 11 is 0. The van der Waals surface area contributed by atoms with Crippen LogP contribution in [0.4, 0.5) is 5.69 Å². The molecule has 0 fully saturated rings. The Morgan fingerprint density at radius 3 is 2.64 bits per heavy atom. The SMILES string of the molecule is CCN(CC)c1cccnc1C(N)=O. The molecule has 0 saturated carbocycles. The summed E-state index contributed by atoms with van der Waals surface area (Å²) in [4.78, 5) is 17.1. The van der Waals surface area contributed by atoms with Crippen LogP contribution >= 0.6 is 0 Å². The third-order valence-electron chi connectivity index (χ3n) is 2.12. The Hall–Kier alpha value is -1.58. The number of amides is 1. The molecule has 0 spiro atoms. The lowest BCUT2D eigenvalue weighted by Crippen LogP contribution is -2.26. The van der Waals surface area contributed by atoms with Crippen molar-refractivity contribution in [2.75, 3.05) is 18.0 Å². The van der Waals surface area contributed by atoms with Gasteiger partial charge >= 0.3 is 0 Å². The van der Waals surface area contributed by atoms with E-state index in [4.69, 9.17) is 5.73 Å². The fraction of sp³-hybridized carbons (Fsp3) is 0.400. The molecule has 0 aliphatic carbocycles. The van der Waals surface area contributed by atoms with Gasteiger partial charge < -0.3 is 10.6 Å². The molecule has 0 unspecified atom stereocenters. The first-order valence-electron chi connectivity index (χ1n) is 4.70. The van der Waals surface area contributed by atoms with Crippen molar-refractivity contribution in [2.24, 2.45) is 5.73 Å². The van der Waals surface area contributed by atoms with Crippen LogP contribution in [0.1, 0.15) is 24.3 Å². The molecule has 0 atom stereocenters. The maximum absolute atomic E-state index is 11.1. The van der Waals surface area contributed by atoms with Crippen LogP contribution in [0.3, 0.4) is 0 Å². The minimum absolute atomic E-state index is 0.344. The van der Waals surface area contributed by atoms with Crippen molar-refractivity contribution >= 4 is 11.6 Å². The highest BCUT2D eigenvalue weighted by Gasteiger charge is 2.12. The Bertz CT molecular complexity index is 321. The second-order valence-corrected chi connectivity index (χ2v) is 2.91. The maximum atomic E-state index is 11.1. The number of rotatable bonds is 4. The molecular weight excluding hydrogens is 178 g/mol. The van der Waals surface area contributed by atoms with Gasteiger partial charge in [0.15, 0.2) is 5.69 Å². The van der Waals surface area contributed by atoms with Crippen LogP contribution in [0.25, 0.3) is 0 Å². The average molecular weight is 193 g/mol. The van der Waals surface area contributed by atoms with Crippen molar-refractivity contribution in [3.05, 3.63) is 24.0 Å². The van der Waals surface area contributed by atoms with Crippen molar-refractivity contribution in [3.8, 4) is 0 Å². The molecule has 0 aliphatic heterocycles. The van der Waals surface area contributed by atoms with Crippen molar-refractivity contribution in [3.63, 3.8) is 0 Å². The minimum Gasteiger partial charge on any atom is -0.370 e. The first kappa shape index (κ1) is 10.5. The molecule has 0 aromatic carbocycles. The van der Waals surface area contributed by atoms with Gasteiger partial charge in [-0.2, -0.15) is 0 Å². The van der Waals surface area contributed by atoms with E-state index in [0.29, 0.717) is 5.69 Å². The van der Waals surface area contributed by atoms with Gasteiger partial charge in [-0.3, -0.25) is 4.79 Å². The van der Waals surface area contributed by atoms with Crippen LogP contribution in [0.5, 0.6) is 0 Å². The number of pyridine rings is 1. The van der Waals surface area contributed by atoms with Crippen LogP contribution in [0, 0.1) is 0 Å². The van der Waals surface area contributed by atoms with Gasteiger partial charge in [-0.15, -0.1) is 0 Å². The summed E-state index contributed by atoms with van der Waals surface area (Å²) < 4.78 is 0. The Morgan fingerprint density at radius 1 is 1.50 bits per heavy atom. The third kappa shape index (κ3) is 2.02. The lowest BCUT2D eigenvalue weighted by molar-refractivity contribution is 0.0996. The van der Waals surface area contributed by atoms with Crippen LogP contribution in [-0.4, -0.2) is 24.0 Å². The fourth-order valence-corrected chi connectivity index (χ4v) is 1.41. The van der Waals surface area contributed by atoms with Gasteiger partial charge in [0.05, 0.1) is 5.69 Å². The molecule has 4 nitrogen and oxygen atoms in total. The molecule has 1 aromatic rings. The number of anilines is 1. The van der Waals surface area contributed by atoms with E-state index in [0.717, 1.165) is 18.8 Å². The quantitative estimate of drug-likeness (QED) is 0.776. The highest BCUT2D eigenvalue weighted by atomic mass is 16.1. The van der Waals surface area contributed by atoms with Crippen LogP contribution in [-0.2, 0) is 0 Å². The zero-order valence-electron chi connectivity index (χ0n) is 8.53. The largest absolute Gasteiger partial charge is 0.370 e. The molecule has 4 heteroatoms. The Kier molecular flexibility index (Phi) is 3.45. The van der Waals surface area contributed by atoms with Crippen molar-refractivity contribution in [1.29, 1.82) is 0 Å². The molecule has 1 heterocycles. The van der Waals surface area contributed by atoms with E-state index in [1.165, 1.54) is 0 Å². The molecule has 0 aliphatic rings. The van der Waals surface area contributed by atoms with Crippen LogP contribution in [0.15, 0.2) is 18.3 Å². The Balaban J connectivity index is 3.11. The molecule has 1 aromatic heterocycles. The van der Waals surface area contributed by atoms with Gasteiger partial charge in [-0.1, -0.05) is 0 Å². The number of hydrogen-bond donors (Lipinski definition) is 1. The number of primary amides is 1. The zero-order valence-corrected chi connectivity index (χ0v) is 8.53.